The van der Waals surface area contributed by atoms with Gasteiger partial charge in [0.2, 0.25) is 0 Å². The highest BCUT2D eigenvalue weighted by Crippen LogP contribution is 2.26. The molecule has 1 saturated heterocycles. The fraction of sp³-hybridized carbons (Fsp3) is 0.450. The van der Waals surface area contributed by atoms with Crippen LogP contribution in [0.3, 0.4) is 0 Å². The Morgan fingerprint density at radius 1 is 1.21 bits per heavy atom. The summed E-state index contributed by atoms with van der Waals surface area (Å²) in [5, 5.41) is 6.12. The van der Waals surface area contributed by atoms with Crippen LogP contribution < -0.4 is 10.3 Å². The average molecular weight is 389 g/mol. The van der Waals surface area contributed by atoms with Crippen molar-refractivity contribution in [2.45, 2.75) is 45.3 Å². The molecule has 1 fully saturated rings. The predicted octanol–water partition coefficient (Wildman–Crippen LogP) is 3.35. The van der Waals surface area contributed by atoms with Crippen LogP contribution in [0.25, 0.3) is 11.3 Å². The van der Waals surface area contributed by atoms with Gasteiger partial charge in [-0.05, 0) is 39.0 Å². The van der Waals surface area contributed by atoms with E-state index in [1.807, 2.05) is 20.8 Å². The summed E-state index contributed by atoms with van der Waals surface area (Å²) in [6.07, 6.45) is 0.860. The minimum absolute atomic E-state index is 0.102. The summed E-state index contributed by atoms with van der Waals surface area (Å²) in [7, 11) is 0. The number of aromatic amines is 1. The van der Waals surface area contributed by atoms with Crippen molar-refractivity contribution in [1.29, 1.82) is 0 Å². The first kappa shape index (κ1) is 19.9. The molecular formula is C20H24FN3O4. The highest BCUT2D eigenvalue weighted by Gasteiger charge is 2.27. The maximum Gasteiger partial charge on any atom is 0.410 e. The van der Waals surface area contributed by atoms with Crippen LogP contribution in [-0.4, -0.2) is 46.0 Å². The second-order valence-corrected chi connectivity index (χ2v) is 7.73. The SMILES string of the molecule is CC(C)(C)OC(=O)N1CCC(Oc2ccc(-c3ccc(=O)[nH]n3)c(F)c2)CC1. The number of benzene rings is 1. The Balaban J connectivity index is 1.58. The number of carbonyl (C=O) groups is 1. The van der Waals surface area contributed by atoms with Crippen molar-refractivity contribution in [3.05, 3.63) is 46.5 Å². The standard InChI is InChI=1S/C20H24FN3O4/c1-20(2,3)28-19(26)24-10-8-13(9-11-24)27-14-4-5-15(16(21)12-14)17-6-7-18(25)23-22-17/h4-7,12-13H,8-11H2,1-3H3,(H,23,25). The Bertz CT molecular complexity index is 879. The number of hydrogen-bond acceptors (Lipinski definition) is 5. The lowest BCUT2D eigenvalue weighted by atomic mass is 10.1. The summed E-state index contributed by atoms with van der Waals surface area (Å²) in [4.78, 5) is 24.8. The van der Waals surface area contributed by atoms with Crippen molar-refractivity contribution in [3.63, 3.8) is 0 Å². The number of nitrogens with zero attached hydrogens (tertiary/aromatic N) is 2. The van der Waals surface area contributed by atoms with Crippen LogP contribution in [0.2, 0.25) is 0 Å². The number of piperidine rings is 1. The number of amides is 1. The van der Waals surface area contributed by atoms with Gasteiger partial charge in [-0.2, -0.15) is 5.10 Å². The largest absolute Gasteiger partial charge is 0.490 e. The molecule has 0 bridgehead atoms. The zero-order valence-corrected chi connectivity index (χ0v) is 16.2. The van der Waals surface area contributed by atoms with Gasteiger partial charge in [-0.1, -0.05) is 0 Å². The number of rotatable bonds is 3. The molecule has 0 unspecified atom stereocenters. The molecule has 0 aliphatic carbocycles. The van der Waals surface area contributed by atoms with Crippen molar-refractivity contribution in [2.24, 2.45) is 0 Å². The third kappa shape index (κ3) is 5.09. The molecule has 8 heteroatoms. The van der Waals surface area contributed by atoms with Crippen LogP contribution >= 0.6 is 0 Å². The number of halogens is 1. The molecule has 7 nitrogen and oxygen atoms in total. The molecule has 0 spiro atoms. The number of H-pyrrole nitrogens is 1. The van der Waals surface area contributed by atoms with Gasteiger partial charge in [0.25, 0.3) is 5.56 Å². The number of ether oxygens (including phenoxy) is 2. The van der Waals surface area contributed by atoms with E-state index in [4.69, 9.17) is 9.47 Å². The molecule has 1 aliphatic heterocycles. The monoisotopic (exact) mass is 389 g/mol. The topological polar surface area (TPSA) is 84.5 Å². The molecular weight excluding hydrogens is 365 g/mol. The fourth-order valence-corrected chi connectivity index (χ4v) is 2.95. The second-order valence-electron chi connectivity index (χ2n) is 7.73. The summed E-state index contributed by atoms with van der Waals surface area (Å²) in [6.45, 7) is 6.56. The average Bonchev–Trinajstić information content (AvgIpc) is 2.62. The summed E-state index contributed by atoms with van der Waals surface area (Å²) in [5.41, 5.74) is -0.246. The van der Waals surface area contributed by atoms with Crippen molar-refractivity contribution < 1.29 is 18.7 Å². The Morgan fingerprint density at radius 2 is 1.93 bits per heavy atom. The third-order valence-corrected chi connectivity index (χ3v) is 4.29. The van der Waals surface area contributed by atoms with E-state index >= 15 is 0 Å². The molecule has 2 heterocycles. The third-order valence-electron chi connectivity index (χ3n) is 4.29. The first-order chi connectivity index (χ1) is 13.2. The molecule has 150 valence electrons. The highest BCUT2D eigenvalue weighted by atomic mass is 19.1. The van der Waals surface area contributed by atoms with Gasteiger partial charge in [0.05, 0.1) is 5.69 Å². The van der Waals surface area contributed by atoms with E-state index in [1.165, 1.54) is 18.2 Å². The number of hydrogen-bond donors (Lipinski definition) is 1. The molecule has 0 saturated carbocycles. The van der Waals surface area contributed by atoms with Crippen LogP contribution in [-0.2, 0) is 4.74 Å². The summed E-state index contributed by atoms with van der Waals surface area (Å²) in [6, 6.07) is 7.31. The van der Waals surface area contributed by atoms with Crippen LogP contribution in [0.5, 0.6) is 5.75 Å². The molecule has 1 N–H and O–H groups in total. The van der Waals surface area contributed by atoms with Gasteiger partial charge in [-0.3, -0.25) is 4.79 Å². The van der Waals surface area contributed by atoms with Crippen LogP contribution in [0, 0.1) is 5.82 Å². The van der Waals surface area contributed by atoms with Gasteiger partial charge >= 0.3 is 6.09 Å². The van der Waals surface area contributed by atoms with E-state index in [2.05, 4.69) is 10.2 Å². The van der Waals surface area contributed by atoms with E-state index < -0.39 is 11.4 Å². The maximum atomic E-state index is 14.4. The lowest BCUT2D eigenvalue weighted by Crippen LogP contribution is -2.44. The maximum absolute atomic E-state index is 14.4. The van der Waals surface area contributed by atoms with Gasteiger partial charge in [-0.15, -0.1) is 0 Å². The summed E-state index contributed by atoms with van der Waals surface area (Å²) >= 11 is 0. The normalized spacial score (nSPS) is 15.4. The molecule has 2 aromatic rings. The Kier molecular flexibility index (Phi) is 5.67. The van der Waals surface area contributed by atoms with E-state index in [9.17, 15) is 14.0 Å². The number of carbonyl (C=O) groups excluding carboxylic acids is 1. The lowest BCUT2D eigenvalue weighted by Gasteiger charge is -2.33. The lowest BCUT2D eigenvalue weighted by molar-refractivity contribution is 0.0126. The summed E-state index contributed by atoms with van der Waals surface area (Å²) < 4.78 is 25.7. The highest BCUT2D eigenvalue weighted by molar-refractivity contribution is 5.68. The molecule has 0 radical (unpaired) electrons. The van der Waals surface area contributed by atoms with Crippen molar-refractivity contribution in [2.75, 3.05) is 13.1 Å². The quantitative estimate of drug-likeness (QED) is 0.870. The minimum Gasteiger partial charge on any atom is -0.490 e. The molecule has 1 aromatic carbocycles. The van der Waals surface area contributed by atoms with E-state index in [0.29, 0.717) is 37.4 Å². The van der Waals surface area contributed by atoms with Gasteiger partial charge in [0.15, 0.2) is 0 Å². The Labute approximate surface area is 162 Å². The van der Waals surface area contributed by atoms with Crippen molar-refractivity contribution in [1.82, 2.24) is 15.1 Å². The first-order valence-electron chi connectivity index (χ1n) is 9.21. The predicted molar refractivity (Wildman–Crippen MR) is 102 cm³/mol. The van der Waals surface area contributed by atoms with Gasteiger partial charge in [0, 0.05) is 43.6 Å². The molecule has 1 aromatic heterocycles. The molecule has 3 rings (SSSR count). The van der Waals surface area contributed by atoms with Crippen LogP contribution in [0.15, 0.2) is 35.1 Å². The Hall–Kier alpha value is -2.90. The van der Waals surface area contributed by atoms with Crippen LogP contribution in [0.4, 0.5) is 9.18 Å². The van der Waals surface area contributed by atoms with Crippen LogP contribution in [0.1, 0.15) is 33.6 Å². The van der Waals surface area contributed by atoms with E-state index in [1.54, 1.807) is 17.0 Å². The second kappa shape index (κ2) is 8.00. The first-order valence-corrected chi connectivity index (χ1v) is 9.21. The number of aromatic nitrogens is 2. The number of likely N-dealkylation sites (tertiary alicyclic amines) is 1. The molecule has 0 atom stereocenters. The zero-order chi connectivity index (χ0) is 20.3. The summed E-state index contributed by atoms with van der Waals surface area (Å²) in [5.74, 6) is -0.0652. The van der Waals surface area contributed by atoms with Gasteiger partial charge in [0.1, 0.15) is 23.3 Å². The molecule has 1 amide bonds. The smallest absolute Gasteiger partial charge is 0.410 e. The van der Waals surface area contributed by atoms with Crippen molar-refractivity contribution >= 4 is 6.09 Å². The van der Waals surface area contributed by atoms with E-state index in [-0.39, 0.29) is 23.3 Å². The molecule has 1 aliphatic rings. The Morgan fingerprint density at radius 3 is 2.50 bits per heavy atom. The number of nitrogens with one attached hydrogen (secondary N) is 1. The minimum atomic E-state index is -0.523. The van der Waals surface area contributed by atoms with Gasteiger partial charge in [-0.25, -0.2) is 14.3 Å². The van der Waals surface area contributed by atoms with E-state index in [0.717, 1.165) is 0 Å². The molecule has 28 heavy (non-hydrogen) atoms. The van der Waals surface area contributed by atoms with Crippen molar-refractivity contribution in [3.8, 4) is 17.0 Å². The van der Waals surface area contributed by atoms with Gasteiger partial charge < -0.3 is 14.4 Å². The zero-order valence-electron chi connectivity index (χ0n) is 16.2. The fourth-order valence-electron chi connectivity index (χ4n) is 2.95.